The van der Waals surface area contributed by atoms with E-state index in [4.69, 9.17) is 0 Å². The Bertz CT molecular complexity index is 412. The molecule has 2 aliphatic heterocycles. The van der Waals surface area contributed by atoms with Gasteiger partial charge >= 0.3 is 0 Å². The molecule has 0 unspecified atom stereocenters. The quantitative estimate of drug-likeness (QED) is 0.638. The number of hydrogen-bond donors (Lipinski definition) is 0. The molecule has 16 heavy (non-hydrogen) atoms. The Morgan fingerprint density at radius 2 is 1.62 bits per heavy atom. The van der Waals surface area contributed by atoms with Crippen LogP contribution >= 0.6 is 0 Å². The van der Waals surface area contributed by atoms with Gasteiger partial charge in [0.25, 0.3) is 0 Å². The van der Waals surface area contributed by atoms with Crippen molar-refractivity contribution in [2.24, 2.45) is 11.8 Å². The van der Waals surface area contributed by atoms with Crippen LogP contribution in [0.1, 0.15) is 39.2 Å². The van der Waals surface area contributed by atoms with Gasteiger partial charge in [-0.2, -0.15) is 0 Å². The second-order valence-corrected chi connectivity index (χ2v) is 5.70. The predicted molar refractivity (Wildman–Crippen MR) is 68.9 cm³/mol. The fraction of sp³-hybridized carbons (Fsp3) is 0.600. The molecule has 1 saturated heterocycles. The smallest absolute Gasteiger partial charge is 0.0407 e. The Hall–Kier alpha value is -0.980. The zero-order chi connectivity index (χ0) is 11.4. The van der Waals surface area contributed by atoms with Gasteiger partial charge < -0.3 is 4.90 Å². The lowest BCUT2D eigenvalue weighted by Crippen LogP contribution is -2.34. The van der Waals surface area contributed by atoms with E-state index in [1.54, 1.807) is 5.56 Å². The van der Waals surface area contributed by atoms with Gasteiger partial charge in [-0.25, -0.2) is 0 Å². The van der Waals surface area contributed by atoms with Crippen molar-refractivity contribution in [1.29, 1.82) is 0 Å². The molecule has 5 atom stereocenters. The lowest BCUT2D eigenvalue weighted by Gasteiger charge is -2.27. The van der Waals surface area contributed by atoms with E-state index >= 15 is 0 Å². The van der Waals surface area contributed by atoms with E-state index in [9.17, 15) is 0 Å². The molecule has 1 heteroatoms. The van der Waals surface area contributed by atoms with Gasteiger partial charge in [-0.05, 0) is 30.4 Å². The Labute approximate surface area is 98.5 Å². The van der Waals surface area contributed by atoms with Crippen molar-refractivity contribution in [2.75, 3.05) is 4.90 Å². The molecular formula is C15H21N. The van der Waals surface area contributed by atoms with Crippen molar-refractivity contribution >= 4 is 5.69 Å². The Morgan fingerprint density at radius 1 is 0.938 bits per heavy atom. The van der Waals surface area contributed by atoms with E-state index in [0.717, 1.165) is 17.9 Å². The topological polar surface area (TPSA) is 3.24 Å². The first-order valence-corrected chi connectivity index (χ1v) is 6.50. The van der Waals surface area contributed by atoms with Crippen LogP contribution in [0.3, 0.4) is 0 Å². The molecule has 0 N–H and O–H groups in total. The van der Waals surface area contributed by atoms with Crippen LogP contribution in [0.15, 0.2) is 24.3 Å². The monoisotopic (exact) mass is 215 g/mol. The summed E-state index contributed by atoms with van der Waals surface area (Å²) in [5.74, 6) is 2.30. The number of benzene rings is 1. The average Bonchev–Trinajstić information content (AvgIpc) is 2.71. The van der Waals surface area contributed by atoms with E-state index in [2.05, 4.69) is 56.9 Å². The van der Waals surface area contributed by atoms with Crippen molar-refractivity contribution in [3.05, 3.63) is 29.8 Å². The minimum atomic E-state index is 0.686. The van der Waals surface area contributed by atoms with E-state index in [1.807, 2.05) is 0 Å². The van der Waals surface area contributed by atoms with E-state index in [0.29, 0.717) is 12.0 Å². The van der Waals surface area contributed by atoms with Crippen LogP contribution in [0.5, 0.6) is 0 Å². The second-order valence-electron chi connectivity index (χ2n) is 5.70. The molecule has 2 aliphatic rings. The standard InChI is InChI=1S/C15H21N/c1-9-10(2)15-11(3)13-7-5-6-8-14(13)16(15)12(9)4/h5-12,15H,1-4H3/t9-,10+,11-,12-,15-/m0/s1. The first-order chi connectivity index (χ1) is 7.63. The highest BCUT2D eigenvalue weighted by atomic mass is 15.3. The third-order valence-corrected chi connectivity index (χ3v) is 5.11. The molecule has 1 fully saturated rings. The minimum Gasteiger partial charge on any atom is -0.364 e. The van der Waals surface area contributed by atoms with Crippen molar-refractivity contribution in [3.63, 3.8) is 0 Å². The third kappa shape index (κ3) is 1.07. The van der Waals surface area contributed by atoms with E-state index < -0.39 is 0 Å². The number of fused-ring (bicyclic) bond motifs is 3. The number of anilines is 1. The Kier molecular flexibility index (Phi) is 2.07. The van der Waals surface area contributed by atoms with Crippen LogP contribution in [0.4, 0.5) is 5.69 Å². The Balaban J connectivity index is 2.12. The summed E-state index contributed by atoms with van der Waals surface area (Å²) >= 11 is 0. The highest BCUT2D eigenvalue weighted by Crippen LogP contribution is 2.51. The van der Waals surface area contributed by atoms with Crippen molar-refractivity contribution in [3.8, 4) is 0 Å². The first-order valence-electron chi connectivity index (χ1n) is 6.50. The summed E-state index contributed by atoms with van der Waals surface area (Å²) < 4.78 is 0. The maximum absolute atomic E-state index is 2.68. The zero-order valence-corrected chi connectivity index (χ0v) is 10.6. The lowest BCUT2D eigenvalue weighted by molar-refractivity contribution is 0.382. The van der Waals surface area contributed by atoms with Gasteiger partial charge in [0.05, 0.1) is 0 Å². The fourth-order valence-electron chi connectivity index (χ4n) is 3.90. The number of rotatable bonds is 0. The molecule has 1 aromatic rings. The van der Waals surface area contributed by atoms with Gasteiger partial charge in [-0.15, -0.1) is 0 Å². The largest absolute Gasteiger partial charge is 0.364 e. The normalized spacial score (nSPS) is 41.0. The molecule has 2 heterocycles. The van der Waals surface area contributed by atoms with Gasteiger partial charge in [-0.3, -0.25) is 0 Å². The van der Waals surface area contributed by atoms with Crippen LogP contribution in [0.25, 0.3) is 0 Å². The van der Waals surface area contributed by atoms with Crippen LogP contribution < -0.4 is 4.90 Å². The molecule has 0 aliphatic carbocycles. The lowest BCUT2D eigenvalue weighted by atomic mass is 9.83. The SMILES string of the molecule is C[C@@H]1[C@H](C)[C@H](C)N2c3ccccc3[C@H](C)[C@H]12. The molecule has 0 aromatic heterocycles. The molecule has 0 bridgehead atoms. The highest BCUT2D eigenvalue weighted by Gasteiger charge is 2.49. The molecule has 3 rings (SSSR count). The van der Waals surface area contributed by atoms with Gasteiger partial charge in [-0.1, -0.05) is 39.0 Å². The van der Waals surface area contributed by atoms with E-state index in [1.165, 1.54) is 5.69 Å². The summed E-state index contributed by atoms with van der Waals surface area (Å²) in [6.07, 6.45) is 0. The molecule has 86 valence electrons. The number of hydrogen-bond acceptors (Lipinski definition) is 1. The molecule has 0 spiro atoms. The zero-order valence-electron chi connectivity index (χ0n) is 10.6. The summed E-state index contributed by atoms with van der Waals surface area (Å²) in [4.78, 5) is 2.68. The molecule has 1 aromatic carbocycles. The summed E-state index contributed by atoms with van der Waals surface area (Å²) in [5, 5.41) is 0. The van der Waals surface area contributed by atoms with Crippen LogP contribution in [0.2, 0.25) is 0 Å². The van der Waals surface area contributed by atoms with Crippen molar-refractivity contribution in [1.82, 2.24) is 0 Å². The fourth-order valence-corrected chi connectivity index (χ4v) is 3.90. The second kappa shape index (κ2) is 3.26. The number of para-hydroxylation sites is 1. The highest BCUT2D eigenvalue weighted by molar-refractivity contribution is 5.63. The minimum absolute atomic E-state index is 0.686. The Morgan fingerprint density at radius 3 is 2.38 bits per heavy atom. The van der Waals surface area contributed by atoms with Crippen LogP contribution in [-0.2, 0) is 0 Å². The van der Waals surface area contributed by atoms with Gasteiger partial charge in [0.15, 0.2) is 0 Å². The van der Waals surface area contributed by atoms with Crippen LogP contribution in [-0.4, -0.2) is 12.1 Å². The average molecular weight is 215 g/mol. The molecule has 1 nitrogen and oxygen atoms in total. The molecule has 0 amide bonds. The molecular weight excluding hydrogens is 194 g/mol. The van der Waals surface area contributed by atoms with Crippen molar-refractivity contribution in [2.45, 2.75) is 45.7 Å². The summed E-state index contributed by atoms with van der Waals surface area (Å²) in [6.45, 7) is 9.61. The summed E-state index contributed by atoms with van der Waals surface area (Å²) in [5.41, 5.74) is 3.04. The van der Waals surface area contributed by atoms with E-state index in [-0.39, 0.29) is 0 Å². The van der Waals surface area contributed by atoms with Gasteiger partial charge in [0.1, 0.15) is 0 Å². The molecule has 0 radical (unpaired) electrons. The maximum Gasteiger partial charge on any atom is 0.0407 e. The van der Waals surface area contributed by atoms with Crippen LogP contribution in [0, 0.1) is 11.8 Å². The first kappa shape index (κ1) is 10.2. The summed E-state index contributed by atoms with van der Waals surface area (Å²) in [6, 6.07) is 10.4. The van der Waals surface area contributed by atoms with Gasteiger partial charge in [0, 0.05) is 23.7 Å². The van der Waals surface area contributed by atoms with Crippen molar-refractivity contribution < 1.29 is 0 Å². The summed E-state index contributed by atoms with van der Waals surface area (Å²) in [7, 11) is 0. The predicted octanol–water partition coefficient (Wildman–Crippen LogP) is 3.65. The van der Waals surface area contributed by atoms with Gasteiger partial charge in [0.2, 0.25) is 0 Å². The molecule has 0 saturated carbocycles. The third-order valence-electron chi connectivity index (χ3n) is 5.11. The maximum atomic E-state index is 2.68. The number of nitrogens with zero attached hydrogens (tertiary/aromatic N) is 1.